The van der Waals surface area contributed by atoms with Crippen LogP contribution < -0.4 is 4.74 Å². The Hall–Kier alpha value is -1.72. The minimum absolute atomic E-state index is 0.178. The van der Waals surface area contributed by atoms with E-state index in [1.165, 1.54) is 62.7 Å². The third-order valence-corrected chi connectivity index (χ3v) is 21.1. The van der Waals surface area contributed by atoms with Crippen LogP contribution in [0.15, 0.2) is 83.8 Å². The summed E-state index contributed by atoms with van der Waals surface area (Å²) in [5.74, 6) is 0.743. The van der Waals surface area contributed by atoms with Gasteiger partial charge < -0.3 is 0 Å². The van der Waals surface area contributed by atoms with Crippen LogP contribution in [-0.2, 0) is 17.4 Å². The van der Waals surface area contributed by atoms with E-state index in [2.05, 4.69) is 20.8 Å². The molecule has 0 amide bonds. The second-order valence-electron chi connectivity index (χ2n) is 11.7. The van der Waals surface area contributed by atoms with Gasteiger partial charge in [-0.15, -0.1) is 0 Å². The van der Waals surface area contributed by atoms with Gasteiger partial charge in [0.05, 0.1) is 0 Å². The van der Waals surface area contributed by atoms with E-state index in [9.17, 15) is 8.42 Å². The molecule has 244 valence electrons. The molecule has 8 heteroatoms. The van der Waals surface area contributed by atoms with E-state index in [1.807, 2.05) is 61.5 Å². The van der Waals surface area contributed by atoms with Crippen LogP contribution in [0, 0.1) is 14.1 Å². The normalized spacial score (nSPS) is 12.3. The molecular weight excluding hydrogens is 699 g/mol. The Bertz CT molecular complexity index is 1280. The molecule has 0 saturated carbocycles. The van der Waals surface area contributed by atoms with Crippen LogP contribution in [0.25, 0.3) is 0 Å². The third kappa shape index (κ3) is 12.2. The van der Waals surface area contributed by atoms with Crippen molar-refractivity contribution in [3.8, 4) is 5.75 Å². The first kappa shape index (κ1) is 36.7. The molecule has 0 N–H and O–H groups in total. The average Bonchev–Trinajstić information content (AvgIpc) is 3.04. The van der Waals surface area contributed by atoms with E-state index in [1.54, 1.807) is 24.3 Å². The fraction of sp³-hybridized carbons (Fsp3) is 0.500. The van der Waals surface area contributed by atoms with Crippen LogP contribution in [0.2, 0.25) is 24.2 Å². The maximum atomic E-state index is 13.2. The van der Waals surface area contributed by atoms with Crippen molar-refractivity contribution in [1.82, 2.24) is 0 Å². The summed E-state index contributed by atoms with van der Waals surface area (Å²) < 4.78 is 46.1. The Morgan fingerprint density at radius 2 is 1.18 bits per heavy atom. The van der Waals surface area contributed by atoms with E-state index in [0.717, 1.165) is 31.5 Å². The van der Waals surface area contributed by atoms with Gasteiger partial charge in [0.15, 0.2) is 0 Å². The topological polar surface area (TPSA) is 61.8 Å². The molecule has 0 aromatic heterocycles. The Morgan fingerprint density at radius 3 is 1.75 bits per heavy atom. The van der Waals surface area contributed by atoms with E-state index in [-0.39, 0.29) is 4.90 Å². The Kier molecular flexibility index (Phi) is 16.5. The van der Waals surface area contributed by atoms with Crippen molar-refractivity contribution < 1.29 is 20.4 Å². The van der Waals surface area contributed by atoms with E-state index in [0.29, 0.717) is 13.2 Å². The number of rotatable bonds is 22. The molecule has 0 bridgehead atoms. The number of hydrogen-bond donors (Lipinski definition) is 0. The molecule has 0 aliphatic carbocycles. The van der Waals surface area contributed by atoms with Crippen molar-refractivity contribution in [2.45, 2.75) is 102 Å². The predicted molar refractivity (Wildman–Crippen MR) is 194 cm³/mol. The van der Waals surface area contributed by atoms with Gasteiger partial charge in [0.25, 0.3) is 0 Å². The SMILES string of the molecule is CCCC[Si](CCCC)(CCCC)CCCOCCOc1ccc(I(OS(=O)(=O)c2ccc(C)cc2)c2ccccc2)cc1. The molecule has 0 unspecified atom stereocenters. The van der Waals surface area contributed by atoms with Gasteiger partial charge in [-0.25, -0.2) is 0 Å². The van der Waals surface area contributed by atoms with Crippen LogP contribution in [0.4, 0.5) is 0 Å². The zero-order chi connectivity index (χ0) is 31.7. The van der Waals surface area contributed by atoms with Crippen LogP contribution in [0.1, 0.15) is 71.3 Å². The molecule has 3 rings (SSSR count). The standard InChI is InChI=1S/C36H53IO5SSi/c1-5-8-28-44(29-9-6-2,30-10-7-3)31-14-25-40-26-27-41-35-21-19-34(20-22-35)37(33-15-12-11-13-16-33)42-43(38,39)36-23-17-32(4)18-24-36/h11-13,15-24H,5-10,14,25-31H2,1-4H3. The fourth-order valence-corrected chi connectivity index (χ4v) is 18.1. The summed E-state index contributed by atoms with van der Waals surface area (Å²) in [7, 11) is -5.12. The van der Waals surface area contributed by atoms with Gasteiger partial charge in [-0.3, -0.25) is 0 Å². The van der Waals surface area contributed by atoms with Gasteiger partial charge in [-0.1, -0.05) is 77.4 Å². The van der Waals surface area contributed by atoms with E-state index in [4.69, 9.17) is 12.0 Å². The summed E-state index contributed by atoms with van der Waals surface area (Å²) in [4.78, 5) is 0.178. The van der Waals surface area contributed by atoms with Crippen LogP contribution in [0.3, 0.4) is 0 Å². The summed E-state index contributed by atoms with van der Waals surface area (Å²) >= 11 is -2.75. The number of halogens is 1. The Labute approximate surface area is 276 Å². The van der Waals surface area contributed by atoms with Crippen molar-refractivity contribution in [2.24, 2.45) is 0 Å². The zero-order valence-corrected chi connectivity index (χ0v) is 31.2. The van der Waals surface area contributed by atoms with Gasteiger partial charge in [-0.05, 0) is 0 Å². The summed E-state index contributed by atoms with van der Waals surface area (Å²) in [6, 6.07) is 30.0. The summed E-state index contributed by atoms with van der Waals surface area (Å²) in [5, 5.41) is 0. The summed E-state index contributed by atoms with van der Waals surface area (Å²) in [5.41, 5.74) is 0.999. The first-order chi connectivity index (χ1) is 21.3. The molecule has 0 aliphatic rings. The van der Waals surface area contributed by atoms with Gasteiger partial charge in [0.2, 0.25) is 0 Å². The fourth-order valence-electron chi connectivity index (χ4n) is 5.47. The number of hydrogen-bond acceptors (Lipinski definition) is 5. The summed E-state index contributed by atoms with van der Waals surface area (Å²) in [6.07, 6.45) is 9.23. The van der Waals surface area contributed by atoms with Crippen molar-refractivity contribution >= 4 is 38.4 Å². The number of unbranched alkanes of at least 4 members (excludes halogenated alkanes) is 3. The van der Waals surface area contributed by atoms with E-state index < -0.39 is 38.4 Å². The van der Waals surface area contributed by atoms with Crippen molar-refractivity contribution in [2.75, 3.05) is 19.8 Å². The van der Waals surface area contributed by atoms with Crippen molar-refractivity contribution in [3.05, 3.63) is 91.6 Å². The molecule has 0 spiro atoms. The molecule has 5 nitrogen and oxygen atoms in total. The molecule has 3 aromatic carbocycles. The predicted octanol–water partition coefficient (Wildman–Crippen LogP) is 10.5. The molecule has 3 aromatic rings. The summed E-state index contributed by atoms with van der Waals surface area (Å²) in [6.45, 7) is 10.8. The zero-order valence-electron chi connectivity index (χ0n) is 27.2. The minimum atomic E-state index is -3.91. The van der Waals surface area contributed by atoms with Crippen LogP contribution in [0.5, 0.6) is 5.75 Å². The average molecular weight is 753 g/mol. The van der Waals surface area contributed by atoms with Gasteiger partial charge in [0, 0.05) is 0 Å². The van der Waals surface area contributed by atoms with Crippen LogP contribution in [-0.4, -0.2) is 36.3 Å². The number of ether oxygens (including phenoxy) is 2. The molecule has 0 atom stereocenters. The van der Waals surface area contributed by atoms with E-state index >= 15 is 0 Å². The second kappa shape index (κ2) is 19.7. The van der Waals surface area contributed by atoms with Gasteiger partial charge in [0.1, 0.15) is 0 Å². The van der Waals surface area contributed by atoms with Gasteiger partial charge in [-0.2, -0.15) is 0 Å². The van der Waals surface area contributed by atoms with Crippen molar-refractivity contribution in [1.29, 1.82) is 0 Å². The van der Waals surface area contributed by atoms with Gasteiger partial charge >= 0.3 is 200 Å². The number of benzene rings is 3. The first-order valence-electron chi connectivity index (χ1n) is 16.4. The molecule has 0 radical (unpaired) electrons. The second-order valence-corrected chi connectivity index (χ2v) is 23.2. The first-order valence-corrected chi connectivity index (χ1v) is 23.7. The molecule has 0 heterocycles. The van der Waals surface area contributed by atoms with Crippen molar-refractivity contribution in [3.63, 3.8) is 0 Å². The third-order valence-electron chi connectivity index (χ3n) is 8.07. The molecule has 0 aliphatic heterocycles. The van der Waals surface area contributed by atoms with Crippen LogP contribution >= 0.6 is 20.2 Å². The maximum absolute atomic E-state index is 13.2. The molecule has 0 saturated heterocycles. The molecule has 44 heavy (non-hydrogen) atoms. The Balaban J connectivity index is 1.53. The molecular formula is C36H53IO5SSi. The number of aryl methyl sites for hydroxylation is 1. The monoisotopic (exact) mass is 752 g/mol. The Morgan fingerprint density at radius 1 is 0.636 bits per heavy atom. The quantitative estimate of drug-likeness (QED) is 0.0581. The molecule has 0 fully saturated rings.